The fourth-order valence-corrected chi connectivity index (χ4v) is 7.57. The van der Waals surface area contributed by atoms with Gasteiger partial charge >= 0.3 is 0 Å². The van der Waals surface area contributed by atoms with E-state index in [2.05, 4.69) is 204 Å². The summed E-state index contributed by atoms with van der Waals surface area (Å²) in [5.41, 5.74) is 13.0. The summed E-state index contributed by atoms with van der Waals surface area (Å²) in [6.07, 6.45) is 0. The Morgan fingerprint density at radius 3 is 1.88 bits per heavy atom. The molecule has 0 N–H and O–H groups in total. The van der Waals surface area contributed by atoms with Crippen molar-refractivity contribution in [2.45, 2.75) is 0 Å². The van der Waals surface area contributed by atoms with E-state index < -0.39 is 0 Å². The highest BCUT2D eigenvalue weighted by molar-refractivity contribution is 6.18. The molecule has 2 aromatic heterocycles. The van der Waals surface area contributed by atoms with Crippen molar-refractivity contribution in [2.24, 2.45) is 0 Å². The molecule has 51 heavy (non-hydrogen) atoms. The van der Waals surface area contributed by atoms with Gasteiger partial charge in [0.1, 0.15) is 11.1 Å². The van der Waals surface area contributed by atoms with Crippen molar-refractivity contribution in [1.29, 1.82) is 0 Å². The molecule has 0 saturated heterocycles. The molecule has 3 heteroatoms. The highest BCUT2D eigenvalue weighted by atomic mass is 16.3. The zero-order valence-corrected chi connectivity index (χ0v) is 27.8. The normalized spacial score (nSPS) is 11.5. The van der Waals surface area contributed by atoms with Crippen molar-refractivity contribution < 1.29 is 4.42 Å². The third-order valence-corrected chi connectivity index (χ3v) is 9.95. The van der Waals surface area contributed by atoms with Gasteiger partial charge in [-0.3, -0.25) is 0 Å². The molecule has 0 aliphatic rings. The average Bonchev–Trinajstić information content (AvgIpc) is 3.74. The molecule has 2 heterocycles. The maximum Gasteiger partial charge on any atom is 0.161 e. The van der Waals surface area contributed by atoms with Gasteiger partial charge in [0.05, 0.1) is 5.52 Å². The minimum atomic E-state index is 0.890. The summed E-state index contributed by atoms with van der Waals surface area (Å²) in [7, 11) is 0. The Hall–Kier alpha value is -6.84. The molecule has 0 aliphatic heterocycles. The van der Waals surface area contributed by atoms with Gasteiger partial charge in [-0.1, -0.05) is 121 Å². The summed E-state index contributed by atoms with van der Waals surface area (Å²) in [4.78, 5) is 2.32. The first-order valence-corrected chi connectivity index (χ1v) is 17.4. The van der Waals surface area contributed by atoms with Gasteiger partial charge in [0, 0.05) is 39.1 Å². The van der Waals surface area contributed by atoms with Gasteiger partial charge in [0.2, 0.25) is 0 Å². The Bertz CT molecular complexity index is 2850. The Morgan fingerprint density at radius 2 is 1.04 bits per heavy atom. The van der Waals surface area contributed by atoms with E-state index in [0.717, 1.165) is 66.8 Å². The number of rotatable bonds is 6. The minimum absolute atomic E-state index is 0.890. The zero-order valence-electron chi connectivity index (χ0n) is 27.8. The van der Waals surface area contributed by atoms with E-state index in [9.17, 15) is 0 Å². The molecule has 3 nitrogen and oxygen atoms in total. The Labute approximate surface area is 295 Å². The van der Waals surface area contributed by atoms with Crippen LogP contribution in [0.4, 0.5) is 17.1 Å². The van der Waals surface area contributed by atoms with E-state index in [4.69, 9.17) is 4.42 Å². The summed E-state index contributed by atoms with van der Waals surface area (Å²) in [5.74, 6) is 0. The second-order valence-corrected chi connectivity index (χ2v) is 13.0. The van der Waals surface area contributed by atoms with Gasteiger partial charge in [0.25, 0.3) is 0 Å². The molecule has 0 radical (unpaired) electrons. The van der Waals surface area contributed by atoms with Crippen molar-refractivity contribution in [3.05, 3.63) is 194 Å². The summed E-state index contributed by atoms with van der Waals surface area (Å²) >= 11 is 0. The predicted octanol–water partition coefficient (Wildman–Crippen LogP) is 13.5. The fraction of sp³-hybridized carbons (Fsp3) is 0. The molecule has 0 amide bonds. The van der Waals surface area contributed by atoms with Crippen LogP contribution in [0, 0.1) is 0 Å². The number of hydrogen-bond acceptors (Lipinski definition) is 2. The molecule has 10 aromatic rings. The van der Waals surface area contributed by atoms with Crippen LogP contribution in [-0.2, 0) is 0 Å². The van der Waals surface area contributed by atoms with Crippen molar-refractivity contribution in [2.75, 3.05) is 4.90 Å². The Morgan fingerprint density at radius 1 is 0.392 bits per heavy atom. The maximum atomic E-state index is 6.87. The third-order valence-electron chi connectivity index (χ3n) is 9.95. The van der Waals surface area contributed by atoms with E-state index in [1.54, 1.807) is 0 Å². The number of hydrogen-bond donors (Lipinski definition) is 0. The molecular weight excluding hydrogens is 621 g/mol. The van der Waals surface area contributed by atoms with Crippen molar-refractivity contribution in [3.63, 3.8) is 0 Å². The van der Waals surface area contributed by atoms with Gasteiger partial charge in [-0.25, -0.2) is 0 Å². The number of nitrogens with zero attached hydrogens (tertiary/aromatic N) is 2. The Kier molecular flexibility index (Phi) is 6.81. The molecular formula is C48H32N2O. The first kappa shape index (κ1) is 29.1. The molecule has 240 valence electrons. The number of benzene rings is 8. The minimum Gasteiger partial charge on any atom is -0.453 e. The average molecular weight is 653 g/mol. The summed E-state index contributed by atoms with van der Waals surface area (Å²) in [5, 5.41) is 4.70. The van der Waals surface area contributed by atoms with Crippen molar-refractivity contribution in [3.8, 4) is 27.9 Å². The number of anilines is 3. The quantitative estimate of drug-likeness (QED) is 0.178. The summed E-state index contributed by atoms with van der Waals surface area (Å²) < 4.78 is 9.20. The lowest BCUT2D eigenvalue weighted by atomic mass is 10.0. The van der Waals surface area contributed by atoms with E-state index in [-0.39, 0.29) is 0 Å². The standard InChI is InChI=1S/C48H32N2O/c1-3-16-38(17-4-1)49(40-29-27-34(28-30-40)36-26-25-33-13-7-8-14-35(33)31-36)41-20-11-15-37(32-41)42-22-12-23-44-46-48(51-47(42)44)43-21-9-10-24-45(43)50(46)39-18-5-2-6-19-39/h1-32H. The van der Waals surface area contributed by atoms with Crippen LogP contribution in [0.15, 0.2) is 199 Å². The first-order valence-electron chi connectivity index (χ1n) is 17.4. The van der Waals surface area contributed by atoms with Crippen LogP contribution in [-0.4, -0.2) is 4.57 Å². The smallest absolute Gasteiger partial charge is 0.161 e. The molecule has 0 atom stereocenters. The lowest BCUT2D eigenvalue weighted by Crippen LogP contribution is -2.09. The van der Waals surface area contributed by atoms with Gasteiger partial charge in [-0.15, -0.1) is 0 Å². The number of furan rings is 1. The first-order chi connectivity index (χ1) is 25.3. The Balaban J connectivity index is 1.10. The summed E-state index contributed by atoms with van der Waals surface area (Å²) in [6.45, 7) is 0. The van der Waals surface area contributed by atoms with Crippen LogP contribution in [0.1, 0.15) is 0 Å². The second kappa shape index (κ2) is 11.9. The SMILES string of the molecule is c1ccc(N(c2ccc(-c3ccc4ccccc4c3)cc2)c2cccc(-c3cccc4c3oc3c5ccccc5n(-c5ccccc5)c43)c2)cc1. The van der Waals surface area contributed by atoms with Crippen LogP contribution in [0.3, 0.4) is 0 Å². The van der Waals surface area contributed by atoms with E-state index in [0.29, 0.717) is 0 Å². The van der Waals surface area contributed by atoms with E-state index >= 15 is 0 Å². The topological polar surface area (TPSA) is 21.3 Å². The van der Waals surface area contributed by atoms with Crippen molar-refractivity contribution >= 4 is 60.8 Å². The highest BCUT2D eigenvalue weighted by Gasteiger charge is 2.22. The van der Waals surface area contributed by atoms with E-state index in [1.165, 1.54) is 21.9 Å². The van der Waals surface area contributed by atoms with Crippen LogP contribution in [0.2, 0.25) is 0 Å². The van der Waals surface area contributed by atoms with Crippen LogP contribution in [0.5, 0.6) is 0 Å². The van der Waals surface area contributed by atoms with Crippen LogP contribution in [0.25, 0.3) is 71.7 Å². The zero-order chi connectivity index (χ0) is 33.7. The maximum absolute atomic E-state index is 6.87. The molecule has 0 spiro atoms. The van der Waals surface area contributed by atoms with Gasteiger partial charge in [-0.2, -0.15) is 0 Å². The fourth-order valence-electron chi connectivity index (χ4n) is 7.57. The highest BCUT2D eigenvalue weighted by Crippen LogP contribution is 2.43. The predicted molar refractivity (Wildman–Crippen MR) is 214 cm³/mol. The molecule has 0 saturated carbocycles. The molecule has 8 aromatic carbocycles. The van der Waals surface area contributed by atoms with Gasteiger partial charge in [0.15, 0.2) is 5.58 Å². The molecule has 0 bridgehead atoms. The van der Waals surface area contributed by atoms with Gasteiger partial charge in [-0.05, 0) is 100 Å². The second-order valence-electron chi connectivity index (χ2n) is 13.0. The molecule has 0 aliphatic carbocycles. The number of para-hydroxylation sites is 4. The van der Waals surface area contributed by atoms with Crippen LogP contribution >= 0.6 is 0 Å². The molecule has 0 fully saturated rings. The lowest BCUT2D eigenvalue weighted by molar-refractivity contribution is 0.674. The van der Waals surface area contributed by atoms with Gasteiger partial charge < -0.3 is 13.9 Å². The van der Waals surface area contributed by atoms with Crippen molar-refractivity contribution in [1.82, 2.24) is 4.57 Å². The van der Waals surface area contributed by atoms with E-state index in [1.807, 2.05) is 0 Å². The molecule has 0 unspecified atom stereocenters. The molecule has 10 rings (SSSR count). The third kappa shape index (κ3) is 4.90. The van der Waals surface area contributed by atoms with Crippen LogP contribution < -0.4 is 4.90 Å². The lowest BCUT2D eigenvalue weighted by Gasteiger charge is -2.26. The monoisotopic (exact) mass is 652 g/mol. The largest absolute Gasteiger partial charge is 0.453 e. The number of fused-ring (bicyclic) bond motifs is 6. The number of aromatic nitrogens is 1. The summed E-state index contributed by atoms with van der Waals surface area (Å²) in [6, 6.07) is 69.0.